The van der Waals surface area contributed by atoms with Crippen molar-refractivity contribution in [3.05, 3.63) is 0 Å². The lowest BCUT2D eigenvalue weighted by Gasteiger charge is -2.08. The molecule has 1 atom stereocenters. The first-order valence-corrected chi connectivity index (χ1v) is 3.97. The second kappa shape index (κ2) is 5.92. The minimum atomic E-state index is -1.15. The molecule has 1 unspecified atom stereocenters. The van der Waals surface area contributed by atoms with Crippen LogP contribution in [0.3, 0.4) is 0 Å². The Morgan fingerprint density at radius 1 is 1.36 bits per heavy atom. The van der Waals surface area contributed by atoms with Crippen LogP contribution in [0.15, 0.2) is 0 Å². The Balaban J connectivity index is 3.73. The zero-order valence-electron chi connectivity index (χ0n) is 7.53. The third-order valence-corrected chi connectivity index (χ3v) is 1.40. The number of hydrogen-bond acceptors (Lipinski definition) is 4. The maximum absolute atomic E-state index is 11.0. The van der Waals surface area contributed by atoms with Crippen LogP contribution in [0.4, 0.5) is 0 Å². The summed E-state index contributed by atoms with van der Waals surface area (Å²) in [6, 6.07) is -1.10. The quantitative estimate of drug-likeness (QED) is 0.387. The molecule has 0 radical (unpaired) electrons. The molecule has 0 bridgehead atoms. The summed E-state index contributed by atoms with van der Waals surface area (Å²) >= 11 is 0. The van der Waals surface area contributed by atoms with Crippen molar-refractivity contribution in [2.75, 3.05) is 6.54 Å². The number of nitrogens with one attached hydrogen (secondary N) is 1. The normalized spacial score (nSPS) is 11.8. The van der Waals surface area contributed by atoms with Crippen LogP contribution in [-0.4, -0.2) is 35.5 Å². The monoisotopic (exact) mass is 203 g/mol. The zero-order valence-corrected chi connectivity index (χ0v) is 7.53. The molecule has 0 heterocycles. The summed E-state index contributed by atoms with van der Waals surface area (Å²) in [5.74, 6) is -2.30. The minimum Gasteiger partial charge on any atom is -0.481 e. The number of rotatable bonds is 6. The Bertz CT molecular complexity index is 241. The second-order valence-corrected chi connectivity index (χ2v) is 2.71. The Hall–Kier alpha value is -1.63. The van der Waals surface area contributed by atoms with Crippen molar-refractivity contribution in [1.82, 2.24) is 5.32 Å². The van der Waals surface area contributed by atoms with Gasteiger partial charge < -0.3 is 21.9 Å². The summed E-state index contributed by atoms with van der Waals surface area (Å²) in [4.78, 5) is 31.4. The maximum Gasteiger partial charge on any atom is 0.305 e. The third-order valence-electron chi connectivity index (χ3n) is 1.40. The lowest BCUT2D eigenvalue weighted by atomic mass is 10.2. The van der Waals surface area contributed by atoms with Crippen molar-refractivity contribution in [1.29, 1.82) is 0 Å². The van der Waals surface area contributed by atoms with Gasteiger partial charge in [0.25, 0.3) is 0 Å². The highest BCUT2D eigenvalue weighted by Crippen LogP contribution is 1.88. The van der Waals surface area contributed by atoms with Gasteiger partial charge in [0.2, 0.25) is 11.8 Å². The summed E-state index contributed by atoms with van der Waals surface area (Å²) in [5.41, 5.74) is 10.0. The van der Waals surface area contributed by atoms with E-state index in [9.17, 15) is 14.4 Å². The molecular formula is C7H13N3O4. The summed E-state index contributed by atoms with van der Waals surface area (Å²) in [7, 11) is 0. The van der Waals surface area contributed by atoms with Crippen molar-refractivity contribution in [2.24, 2.45) is 11.5 Å². The van der Waals surface area contributed by atoms with Crippen LogP contribution in [0, 0.1) is 0 Å². The van der Waals surface area contributed by atoms with Crippen molar-refractivity contribution >= 4 is 17.8 Å². The summed E-state index contributed by atoms with van der Waals surface area (Å²) in [5, 5.41) is 10.6. The lowest BCUT2D eigenvalue weighted by molar-refractivity contribution is -0.139. The van der Waals surface area contributed by atoms with Gasteiger partial charge in [-0.2, -0.15) is 0 Å². The lowest BCUT2D eigenvalue weighted by Crippen LogP contribution is -2.42. The van der Waals surface area contributed by atoms with Gasteiger partial charge >= 0.3 is 5.97 Å². The first kappa shape index (κ1) is 12.4. The summed E-state index contributed by atoms with van der Waals surface area (Å²) < 4.78 is 0. The molecule has 0 aromatic rings. The average Bonchev–Trinajstić information content (AvgIpc) is 2.01. The Labute approximate surface area is 80.4 Å². The number of primary amides is 1. The second-order valence-electron chi connectivity index (χ2n) is 2.71. The molecule has 2 amide bonds. The molecule has 7 heteroatoms. The van der Waals surface area contributed by atoms with Crippen molar-refractivity contribution in [3.8, 4) is 0 Å². The van der Waals surface area contributed by atoms with E-state index in [1.54, 1.807) is 0 Å². The number of carboxylic acids is 1. The van der Waals surface area contributed by atoms with Gasteiger partial charge in [0.05, 0.1) is 12.5 Å². The molecule has 0 fully saturated rings. The fourth-order valence-electron chi connectivity index (χ4n) is 0.721. The highest BCUT2D eigenvalue weighted by Gasteiger charge is 2.16. The average molecular weight is 203 g/mol. The van der Waals surface area contributed by atoms with Gasteiger partial charge in [0.15, 0.2) is 0 Å². The molecule has 0 aliphatic carbocycles. The summed E-state index contributed by atoms with van der Waals surface area (Å²) in [6.07, 6.45) is -0.437. The largest absolute Gasteiger partial charge is 0.481 e. The van der Waals surface area contributed by atoms with Crippen molar-refractivity contribution in [2.45, 2.75) is 18.9 Å². The highest BCUT2D eigenvalue weighted by molar-refractivity contribution is 5.86. The van der Waals surface area contributed by atoms with E-state index >= 15 is 0 Å². The molecule has 0 spiro atoms. The van der Waals surface area contributed by atoms with E-state index in [2.05, 4.69) is 5.32 Å². The predicted octanol–water partition coefficient (Wildman–Crippen LogP) is -2.22. The fraction of sp³-hybridized carbons (Fsp3) is 0.571. The first-order chi connectivity index (χ1) is 6.43. The Kier molecular flexibility index (Phi) is 5.23. The highest BCUT2D eigenvalue weighted by atomic mass is 16.4. The zero-order chi connectivity index (χ0) is 11.1. The van der Waals surface area contributed by atoms with Gasteiger partial charge in [0.1, 0.15) is 0 Å². The summed E-state index contributed by atoms with van der Waals surface area (Å²) in [6.45, 7) is 0.0709. The molecule has 6 N–H and O–H groups in total. The van der Waals surface area contributed by atoms with Crippen LogP contribution in [0.1, 0.15) is 12.8 Å². The number of aliphatic carboxylic acids is 1. The molecule has 0 saturated heterocycles. The fourth-order valence-corrected chi connectivity index (χ4v) is 0.721. The SMILES string of the molecule is NC(=O)CCNC(=O)C(N)CC(=O)O. The predicted molar refractivity (Wildman–Crippen MR) is 47.0 cm³/mol. The van der Waals surface area contributed by atoms with E-state index in [1.807, 2.05) is 0 Å². The number of carboxylic acid groups (broad SMARTS) is 1. The molecule has 0 aromatic carbocycles. The number of hydrogen-bond donors (Lipinski definition) is 4. The van der Waals surface area contributed by atoms with Crippen LogP contribution >= 0.6 is 0 Å². The van der Waals surface area contributed by atoms with Gasteiger partial charge in [-0.15, -0.1) is 0 Å². The molecule has 0 aliphatic heterocycles. The van der Waals surface area contributed by atoms with Crippen LogP contribution in [-0.2, 0) is 14.4 Å². The van der Waals surface area contributed by atoms with Gasteiger partial charge in [0, 0.05) is 13.0 Å². The van der Waals surface area contributed by atoms with Crippen LogP contribution in [0.25, 0.3) is 0 Å². The molecule has 0 aliphatic rings. The Morgan fingerprint density at radius 2 is 1.93 bits per heavy atom. The van der Waals surface area contributed by atoms with E-state index in [-0.39, 0.29) is 13.0 Å². The van der Waals surface area contributed by atoms with E-state index < -0.39 is 30.2 Å². The number of nitrogens with two attached hydrogens (primary N) is 2. The Morgan fingerprint density at radius 3 is 2.36 bits per heavy atom. The first-order valence-electron chi connectivity index (χ1n) is 3.97. The molecular weight excluding hydrogens is 190 g/mol. The maximum atomic E-state index is 11.0. The van der Waals surface area contributed by atoms with E-state index in [4.69, 9.17) is 16.6 Å². The molecule has 7 nitrogen and oxygen atoms in total. The smallest absolute Gasteiger partial charge is 0.305 e. The van der Waals surface area contributed by atoms with Crippen LogP contribution < -0.4 is 16.8 Å². The number of carbonyl (C=O) groups is 3. The topological polar surface area (TPSA) is 136 Å². The third kappa shape index (κ3) is 5.95. The molecule has 0 rings (SSSR count). The van der Waals surface area contributed by atoms with Gasteiger partial charge in [-0.05, 0) is 0 Å². The van der Waals surface area contributed by atoms with Crippen molar-refractivity contribution in [3.63, 3.8) is 0 Å². The van der Waals surface area contributed by atoms with E-state index in [0.29, 0.717) is 0 Å². The van der Waals surface area contributed by atoms with Crippen LogP contribution in [0.2, 0.25) is 0 Å². The molecule has 14 heavy (non-hydrogen) atoms. The van der Waals surface area contributed by atoms with Gasteiger partial charge in [-0.3, -0.25) is 14.4 Å². The molecule has 80 valence electrons. The molecule has 0 saturated carbocycles. The number of amides is 2. The van der Waals surface area contributed by atoms with Crippen LogP contribution in [0.5, 0.6) is 0 Å². The van der Waals surface area contributed by atoms with E-state index in [0.717, 1.165) is 0 Å². The molecule has 0 aromatic heterocycles. The minimum absolute atomic E-state index is 0.00549. The van der Waals surface area contributed by atoms with E-state index in [1.165, 1.54) is 0 Å². The van der Waals surface area contributed by atoms with Crippen molar-refractivity contribution < 1.29 is 19.5 Å². The number of carbonyl (C=O) groups excluding carboxylic acids is 2. The van der Waals surface area contributed by atoms with Gasteiger partial charge in [-0.25, -0.2) is 0 Å². The van der Waals surface area contributed by atoms with Gasteiger partial charge in [-0.1, -0.05) is 0 Å². The standard InChI is InChI=1S/C7H13N3O4/c8-4(3-6(12)13)7(14)10-2-1-5(9)11/h4H,1-3,8H2,(H2,9,11)(H,10,14)(H,12,13).